The fourth-order valence-corrected chi connectivity index (χ4v) is 1.46. The van der Waals surface area contributed by atoms with Gasteiger partial charge >= 0.3 is 0 Å². The zero-order chi connectivity index (χ0) is 10.2. The van der Waals surface area contributed by atoms with Crippen LogP contribution in [-0.4, -0.2) is 26.3 Å². The Morgan fingerprint density at radius 2 is 1.57 bits per heavy atom. The minimum Gasteiger partial charge on any atom is -0.378 e. The van der Waals surface area contributed by atoms with Crippen LogP contribution in [0.15, 0.2) is 30.3 Å². The highest BCUT2D eigenvalue weighted by Crippen LogP contribution is 2.13. The van der Waals surface area contributed by atoms with Gasteiger partial charge in [-0.05, 0) is 12.1 Å². The van der Waals surface area contributed by atoms with Gasteiger partial charge in [-0.25, -0.2) is 0 Å². The molecule has 74 valence electrons. The van der Waals surface area contributed by atoms with E-state index in [4.69, 9.17) is 15.5 Å². The topological polar surface area (TPSA) is 60.0 Å². The van der Waals surface area contributed by atoms with Crippen LogP contribution >= 0.6 is 0 Å². The zero-order valence-electron chi connectivity index (χ0n) is 7.97. The van der Waals surface area contributed by atoms with Gasteiger partial charge in [0.05, 0.1) is 13.2 Å². The van der Waals surface area contributed by atoms with E-state index in [0.29, 0.717) is 0 Å². The number of morpholine rings is 1. The van der Waals surface area contributed by atoms with Crippen molar-refractivity contribution in [3.8, 4) is 0 Å². The molecule has 14 heavy (non-hydrogen) atoms. The summed E-state index contributed by atoms with van der Waals surface area (Å²) in [6.07, 6.45) is 0. The first-order valence-corrected chi connectivity index (χ1v) is 4.54. The van der Waals surface area contributed by atoms with Crippen molar-refractivity contribution in [2.24, 2.45) is 0 Å². The highest BCUT2D eigenvalue weighted by molar-refractivity contribution is 5.46. The quantitative estimate of drug-likeness (QED) is 0.632. The minimum atomic E-state index is 0.856. The van der Waals surface area contributed by atoms with Gasteiger partial charge in [0, 0.05) is 29.6 Å². The molecule has 1 saturated heterocycles. The molecule has 0 unspecified atom stereocenters. The first-order chi connectivity index (χ1) is 6.97. The average Bonchev–Trinajstić information content (AvgIpc) is 2.34. The van der Waals surface area contributed by atoms with E-state index in [1.54, 1.807) is 0 Å². The van der Waals surface area contributed by atoms with E-state index in [2.05, 4.69) is 29.2 Å². The van der Waals surface area contributed by atoms with E-state index in [1.807, 2.05) is 6.07 Å². The van der Waals surface area contributed by atoms with Crippen molar-refractivity contribution in [2.75, 3.05) is 31.2 Å². The Balaban J connectivity index is 0.000000461. The Hall–Kier alpha value is -1.60. The third-order valence-corrected chi connectivity index (χ3v) is 2.13. The SMILES string of the molecule is N#N.c1ccc(N2CCOCC2)cc1. The molecule has 0 saturated carbocycles. The summed E-state index contributed by atoms with van der Waals surface area (Å²) in [5, 5.41) is 12.0. The summed E-state index contributed by atoms with van der Waals surface area (Å²) >= 11 is 0. The third-order valence-electron chi connectivity index (χ3n) is 2.13. The average molecular weight is 191 g/mol. The number of rotatable bonds is 1. The van der Waals surface area contributed by atoms with Gasteiger partial charge in [-0.2, -0.15) is 0 Å². The summed E-state index contributed by atoms with van der Waals surface area (Å²) in [5.74, 6) is 0. The molecule has 4 heteroatoms. The maximum absolute atomic E-state index is 6.00. The van der Waals surface area contributed by atoms with Gasteiger partial charge in [-0.3, -0.25) is 0 Å². The second-order valence-electron chi connectivity index (χ2n) is 2.93. The Morgan fingerprint density at radius 1 is 1.00 bits per heavy atom. The first-order valence-electron chi connectivity index (χ1n) is 4.54. The number of nitrogens with zero attached hydrogens (tertiary/aromatic N) is 3. The molecule has 0 bridgehead atoms. The second-order valence-corrected chi connectivity index (χ2v) is 2.93. The number of ether oxygens (including phenoxy) is 1. The van der Waals surface area contributed by atoms with Gasteiger partial charge in [0.1, 0.15) is 0 Å². The monoisotopic (exact) mass is 191 g/mol. The molecule has 4 nitrogen and oxygen atoms in total. The number of hydrogen-bond acceptors (Lipinski definition) is 4. The molecule has 0 aliphatic carbocycles. The molecule has 2 rings (SSSR count). The first kappa shape index (κ1) is 10.5. The van der Waals surface area contributed by atoms with Gasteiger partial charge in [0.15, 0.2) is 0 Å². The lowest BCUT2D eigenvalue weighted by Crippen LogP contribution is -2.36. The molecular formula is C10H13N3O. The van der Waals surface area contributed by atoms with Crippen LogP contribution in [0.2, 0.25) is 0 Å². The van der Waals surface area contributed by atoms with Crippen LogP contribution < -0.4 is 4.90 Å². The van der Waals surface area contributed by atoms with E-state index in [0.717, 1.165) is 26.3 Å². The van der Waals surface area contributed by atoms with Crippen LogP contribution in [-0.2, 0) is 4.74 Å². The molecule has 0 aromatic heterocycles. The third kappa shape index (κ3) is 2.71. The minimum absolute atomic E-state index is 0.856. The van der Waals surface area contributed by atoms with Gasteiger partial charge in [0.25, 0.3) is 0 Å². The molecule has 0 atom stereocenters. The number of para-hydroxylation sites is 1. The summed E-state index contributed by atoms with van der Waals surface area (Å²) in [4.78, 5) is 2.35. The van der Waals surface area contributed by atoms with Crippen molar-refractivity contribution in [3.63, 3.8) is 0 Å². The Kier molecular flexibility index (Phi) is 4.45. The van der Waals surface area contributed by atoms with E-state index in [9.17, 15) is 0 Å². The fourth-order valence-electron chi connectivity index (χ4n) is 1.46. The van der Waals surface area contributed by atoms with Gasteiger partial charge < -0.3 is 9.64 Å². The predicted molar refractivity (Wildman–Crippen MR) is 52.9 cm³/mol. The lowest BCUT2D eigenvalue weighted by atomic mass is 10.3. The summed E-state index contributed by atoms with van der Waals surface area (Å²) in [6.45, 7) is 3.75. The molecule has 0 N–H and O–H groups in total. The second kappa shape index (κ2) is 5.95. The predicted octanol–water partition coefficient (Wildman–Crippen LogP) is 1.55. The van der Waals surface area contributed by atoms with Crippen molar-refractivity contribution in [3.05, 3.63) is 30.3 Å². The molecular weight excluding hydrogens is 178 g/mol. The summed E-state index contributed by atoms with van der Waals surface area (Å²) in [5.41, 5.74) is 1.31. The van der Waals surface area contributed by atoms with Gasteiger partial charge in [0.2, 0.25) is 0 Å². The van der Waals surface area contributed by atoms with Crippen LogP contribution in [0.3, 0.4) is 0 Å². The van der Waals surface area contributed by atoms with E-state index in [-0.39, 0.29) is 0 Å². The summed E-state index contributed by atoms with van der Waals surface area (Å²) in [6, 6.07) is 10.5. The molecule has 1 aromatic rings. The molecule has 1 fully saturated rings. The van der Waals surface area contributed by atoms with Crippen LogP contribution in [0.5, 0.6) is 0 Å². The molecule has 0 amide bonds. The van der Waals surface area contributed by atoms with Crippen LogP contribution in [0.1, 0.15) is 0 Å². The van der Waals surface area contributed by atoms with Gasteiger partial charge in [-0.15, -0.1) is 0 Å². The lowest BCUT2D eigenvalue weighted by Gasteiger charge is -2.28. The van der Waals surface area contributed by atoms with Gasteiger partial charge in [-0.1, -0.05) is 18.2 Å². The van der Waals surface area contributed by atoms with Crippen molar-refractivity contribution in [1.29, 1.82) is 10.8 Å². The van der Waals surface area contributed by atoms with Crippen LogP contribution in [0.4, 0.5) is 5.69 Å². The molecule has 1 aliphatic heterocycles. The van der Waals surface area contributed by atoms with E-state index >= 15 is 0 Å². The molecule has 1 aliphatic rings. The highest BCUT2D eigenvalue weighted by Gasteiger charge is 2.09. The lowest BCUT2D eigenvalue weighted by molar-refractivity contribution is 0.122. The van der Waals surface area contributed by atoms with Crippen molar-refractivity contribution in [2.45, 2.75) is 0 Å². The number of anilines is 1. The van der Waals surface area contributed by atoms with Crippen LogP contribution in [0.25, 0.3) is 0 Å². The normalized spacial score (nSPS) is 15.4. The maximum atomic E-state index is 6.00. The highest BCUT2D eigenvalue weighted by atomic mass is 16.5. The number of hydrogen-bond donors (Lipinski definition) is 0. The Bertz CT molecular complexity index is 267. The van der Waals surface area contributed by atoms with Crippen LogP contribution in [0, 0.1) is 10.8 Å². The number of benzene rings is 1. The van der Waals surface area contributed by atoms with Crippen molar-refractivity contribution in [1.82, 2.24) is 0 Å². The summed E-state index contributed by atoms with van der Waals surface area (Å²) < 4.78 is 5.28. The standard InChI is InChI=1S/C10H13NO.N2/c1-2-4-10(5-3-1)11-6-8-12-9-7-11;1-2/h1-5H,6-9H2;. The van der Waals surface area contributed by atoms with E-state index in [1.165, 1.54) is 5.69 Å². The Morgan fingerprint density at radius 3 is 2.14 bits per heavy atom. The zero-order valence-corrected chi connectivity index (χ0v) is 7.97. The maximum Gasteiger partial charge on any atom is 0.0642 e. The fraction of sp³-hybridized carbons (Fsp3) is 0.400. The summed E-state index contributed by atoms with van der Waals surface area (Å²) in [7, 11) is 0. The van der Waals surface area contributed by atoms with Crippen molar-refractivity contribution < 1.29 is 4.74 Å². The molecule has 0 radical (unpaired) electrons. The Labute approximate surface area is 83.5 Å². The molecule has 1 aromatic carbocycles. The van der Waals surface area contributed by atoms with Crippen molar-refractivity contribution >= 4 is 5.69 Å². The molecule has 0 spiro atoms. The largest absolute Gasteiger partial charge is 0.378 e. The smallest absolute Gasteiger partial charge is 0.0642 e. The van der Waals surface area contributed by atoms with E-state index < -0.39 is 0 Å². The molecule has 1 heterocycles.